The van der Waals surface area contributed by atoms with E-state index in [0.717, 1.165) is 64.2 Å². The molecule has 0 saturated heterocycles. The van der Waals surface area contributed by atoms with Crippen molar-refractivity contribution in [1.82, 2.24) is 0 Å². The number of allylic oxidation sites excluding steroid dienone is 2. The van der Waals surface area contributed by atoms with Gasteiger partial charge in [0.1, 0.15) is 6.10 Å². The molecule has 45 heavy (non-hydrogen) atoms. The monoisotopic (exact) mass is 635 g/mol. The molecule has 0 aromatic rings. The number of hydrogen-bond donors (Lipinski definition) is 1. The summed E-state index contributed by atoms with van der Waals surface area (Å²) in [6.07, 6.45) is 45.2. The zero-order chi connectivity index (χ0) is 32.9. The Hall–Kier alpha value is -1.32. The number of esters is 1. The number of aliphatic carboxylic acids is 1. The number of rotatable bonds is 37. The molecule has 0 heterocycles. The number of carbonyl (C=O) groups is 2. The van der Waals surface area contributed by atoms with Gasteiger partial charge in [-0.05, 0) is 64.2 Å². The summed E-state index contributed by atoms with van der Waals surface area (Å²) >= 11 is 0. The van der Waals surface area contributed by atoms with Gasteiger partial charge in [-0.25, -0.2) is 0 Å². The molecular weight excluding hydrogens is 556 g/mol. The molecule has 0 bridgehead atoms. The van der Waals surface area contributed by atoms with E-state index < -0.39 is 5.97 Å². The summed E-state index contributed by atoms with van der Waals surface area (Å²) in [4.78, 5) is 23.3. The third-order valence-electron chi connectivity index (χ3n) is 9.24. The minimum atomic E-state index is -0.699. The third kappa shape index (κ3) is 37.0. The maximum absolute atomic E-state index is 12.6. The first-order chi connectivity index (χ1) is 22.1. The van der Waals surface area contributed by atoms with Gasteiger partial charge in [0.2, 0.25) is 0 Å². The van der Waals surface area contributed by atoms with Gasteiger partial charge in [-0.15, -0.1) is 0 Å². The van der Waals surface area contributed by atoms with Gasteiger partial charge in [0.05, 0.1) is 0 Å². The van der Waals surface area contributed by atoms with Crippen LogP contribution in [0.1, 0.15) is 232 Å². The Morgan fingerprint density at radius 3 is 1.20 bits per heavy atom. The number of unbranched alkanes of at least 4 members (excludes halogenated alkanes) is 26. The van der Waals surface area contributed by atoms with Crippen molar-refractivity contribution in [2.24, 2.45) is 0 Å². The van der Waals surface area contributed by atoms with Crippen LogP contribution in [0.15, 0.2) is 12.2 Å². The van der Waals surface area contributed by atoms with Gasteiger partial charge < -0.3 is 9.84 Å². The van der Waals surface area contributed by atoms with Gasteiger partial charge >= 0.3 is 11.9 Å². The van der Waals surface area contributed by atoms with E-state index >= 15 is 0 Å². The molecule has 0 radical (unpaired) electrons. The Kier molecular flexibility index (Phi) is 36.1. The molecular formula is C41H78O4. The van der Waals surface area contributed by atoms with Crippen LogP contribution in [0.5, 0.6) is 0 Å². The molecule has 0 aromatic carbocycles. The highest BCUT2D eigenvalue weighted by molar-refractivity contribution is 5.69. The average molecular weight is 635 g/mol. The quantitative estimate of drug-likeness (QED) is 0.0419. The van der Waals surface area contributed by atoms with Crippen LogP contribution in [-0.4, -0.2) is 23.1 Å². The van der Waals surface area contributed by atoms with E-state index in [1.54, 1.807) is 0 Å². The van der Waals surface area contributed by atoms with Gasteiger partial charge in [-0.2, -0.15) is 0 Å². The fourth-order valence-electron chi connectivity index (χ4n) is 6.24. The predicted molar refractivity (Wildman–Crippen MR) is 195 cm³/mol. The number of hydrogen-bond acceptors (Lipinski definition) is 3. The lowest BCUT2D eigenvalue weighted by atomic mass is 10.0. The molecule has 1 N–H and O–H groups in total. The van der Waals surface area contributed by atoms with Gasteiger partial charge in [0, 0.05) is 12.8 Å². The van der Waals surface area contributed by atoms with Crippen LogP contribution in [0.3, 0.4) is 0 Å². The van der Waals surface area contributed by atoms with E-state index in [-0.39, 0.29) is 18.5 Å². The lowest BCUT2D eigenvalue weighted by molar-refractivity contribution is -0.150. The topological polar surface area (TPSA) is 63.6 Å². The van der Waals surface area contributed by atoms with Gasteiger partial charge in [0.15, 0.2) is 0 Å². The Balaban J connectivity index is 3.92. The van der Waals surface area contributed by atoms with Crippen molar-refractivity contribution in [3.63, 3.8) is 0 Å². The molecule has 266 valence electrons. The first-order valence-corrected chi connectivity index (χ1v) is 20.2. The molecule has 0 spiro atoms. The molecule has 0 aliphatic rings. The molecule has 0 rings (SSSR count). The molecule has 0 aromatic heterocycles. The van der Waals surface area contributed by atoms with E-state index in [2.05, 4.69) is 26.0 Å². The zero-order valence-corrected chi connectivity index (χ0v) is 30.4. The van der Waals surface area contributed by atoms with Crippen molar-refractivity contribution in [3.05, 3.63) is 12.2 Å². The highest BCUT2D eigenvalue weighted by Crippen LogP contribution is 2.19. The van der Waals surface area contributed by atoms with Gasteiger partial charge in [0.25, 0.3) is 0 Å². The predicted octanol–water partition coefficient (Wildman–Crippen LogP) is 13.8. The second-order valence-corrected chi connectivity index (χ2v) is 13.8. The van der Waals surface area contributed by atoms with Gasteiger partial charge in [-0.1, -0.05) is 167 Å². The zero-order valence-electron chi connectivity index (χ0n) is 30.4. The van der Waals surface area contributed by atoms with Crippen LogP contribution in [0.4, 0.5) is 0 Å². The van der Waals surface area contributed by atoms with Crippen molar-refractivity contribution >= 4 is 11.9 Å². The highest BCUT2D eigenvalue weighted by Gasteiger charge is 2.14. The largest absolute Gasteiger partial charge is 0.481 e. The fraction of sp³-hybridized carbons (Fsp3) is 0.902. The van der Waals surface area contributed by atoms with Crippen LogP contribution in [-0.2, 0) is 14.3 Å². The molecule has 0 saturated carbocycles. The number of ether oxygens (including phenoxy) is 1. The number of carboxylic acids is 1. The molecule has 0 aliphatic heterocycles. The van der Waals surface area contributed by atoms with E-state index in [1.165, 1.54) is 141 Å². The Bertz CT molecular complexity index is 643. The van der Waals surface area contributed by atoms with Crippen molar-refractivity contribution in [1.29, 1.82) is 0 Å². The maximum atomic E-state index is 12.6. The highest BCUT2D eigenvalue weighted by atomic mass is 16.5. The van der Waals surface area contributed by atoms with Crippen LogP contribution >= 0.6 is 0 Å². The van der Waals surface area contributed by atoms with Crippen molar-refractivity contribution in [2.45, 2.75) is 238 Å². The molecule has 1 atom stereocenters. The molecule has 0 fully saturated rings. The Labute approximate surface area is 281 Å². The summed E-state index contributed by atoms with van der Waals surface area (Å²) in [5.41, 5.74) is 0. The maximum Gasteiger partial charge on any atom is 0.306 e. The van der Waals surface area contributed by atoms with Crippen LogP contribution in [0, 0.1) is 0 Å². The van der Waals surface area contributed by atoms with Crippen molar-refractivity contribution in [3.8, 4) is 0 Å². The third-order valence-corrected chi connectivity index (χ3v) is 9.24. The van der Waals surface area contributed by atoms with E-state index in [4.69, 9.17) is 9.84 Å². The van der Waals surface area contributed by atoms with E-state index in [0.29, 0.717) is 6.42 Å². The first-order valence-electron chi connectivity index (χ1n) is 20.2. The second-order valence-electron chi connectivity index (χ2n) is 13.8. The lowest BCUT2D eigenvalue weighted by Gasteiger charge is -2.18. The Morgan fingerprint density at radius 1 is 0.467 bits per heavy atom. The summed E-state index contributed by atoms with van der Waals surface area (Å²) in [5.74, 6) is -0.698. The van der Waals surface area contributed by atoms with Crippen LogP contribution in [0.2, 0.25) is 0 Å². The van der Waals surface area contributed by atoms with Gasteiger partial charge in [-0.3, -0.25) is 9.59 Å². The Morgan fingerprint density at radius 2 is 0.800 bits per heavy atom. The summed E-state index contributed by atoms with van der Waals surface area (Å²) in [6, 6.07) is 0. The molecule has 1 unspecified atom stereocenters. The SMILES string of the molecule is CCCCCCCCC/C=C\CCCCCCCCCC(=O)OC(CCCCCCCCCCC)CCCCCCCC(=O)O. The normalized spacial score (nSPS) is 12.2. The summed E-state index contributed by atoms with van der Waals surface area (Å²) < 4.78 is 5.99. The van der Waals surface area contributed by atoms with Crippen molar-refractivity contribution < 1.29 is 19.4 Å². The average Bonchev–Trinajstić information content (AvgIpc) is 3.02. The molecule has 4 nitrogen and oxygen atoms in total. The van der Waals surface area contributed by atoms with E-state index in [1.807, 2.05) is 0 Å². The standard InChI is InChI=1S/C41H78O4/c1-3-5-7-9-11-13-14-15-16-17-18-19-20-21-23-25-30-34-38-41(44)45-39(36-32-28-26-29-33-37-40(42)43)35-31-27-24-22-12-10-8-6-4-2/h16-17,39H,3-15,18-38H2,1-2H3,(H,42,43)/b17-16-. The second kappa shape index (κ2) is 37.1. The lowest BCUT2D eigenvalue weighted by Crippen LogP contribution is -2.18. The van der Waals surface area contributed by atoms with Crippen LogP contribution in [0.25, 0.3) is 0 Å². The first kappa shape index (κ1) is 43.7. The summed E-state index contributed by atoms with van der Waals surface area (Å²) in [7, 11) is 0. The minimum Gasteiger partial charge on any atom is -0.481 e. The minimum absolute atomic E-state index is 0.000614. The van der Waals surface area contributed by atoms with Crippen molar-refractivity contribution in [2.75, 3.05) is 0 Å². The van der Waals surface area contributed by atoms with E-state index in [9.17, 15) is 9.59 Å². The fourth-order valence-corrected chi connectivity index (χ4v) is 6.24. The smallest absolute Gasteiger partial charge is 0.306 e. The molecule has 4 heteroatoms. The number of carbonyl (C=O) groups excluding carboxylic acids is 1. The summed E-state index contributed by atoms with van der Waals surface area (Å²) in [5, 5.41) is 8.80. The summed E-state index contributed by atoms with van der Waals surface area (Å²) in [6.45, 7) is 4.55. The van der Waals surface area contributed by atoms with Crippen LogP contribution < -0.4 is 0 Å². The molecule has 0 amide bonds. The number of carboxylic acid groups (broad SMARTS) is 1. The molecule has 0 aliphatic carbocycles.